The highest BCUT2D eigenvalue weighted by Crippen LogP contribution is 2.35. The van der Waals surface area contributed by atoms with Crippen LogP contribution in [-0.2, 0) is 19.6 Å². The number of carboxylic acid groups (broad SMARTS) is 1. The van der Waals surface area contributed by atoms with Gasteiger partial charge >= 0.3 is 5.97 Å². The molecule has 3 unspecified atom stereocenters. The molecule has 1 fully saturated rings. The van der Waals surface area contributed by atoms with Crippen molar-refractivity contribution in [2.24, 2.45) is 0 Å². The fourth-order valence-corrected chi connectivity index (χ4v) is 4.34. The van der Waals surface area contributed by atoms with Crippen molar-refractivity contribution in [2.75, 3.05) is 0 Å². The number of unbranched alkanes of at least 4 members (excludes halogenated alkanes) is 8. The van der Waals surface area contributed by atoms with Gasteiger partial charge in [-0.1, -0.05) is 64.7 Å². The standard InChI is InChI=1S/C18H34O6S/c1-2-3-4-6-9-12-15-18(24-15)16(25(21,22)23)13-10-7-5-8-11-14-17(19)20/h15-16,18H,2-14H2,1H3,(H,19,20)(H,21,22,23). The molecule has 7 heteroatoms. The average molecular weight is 379 g/mol. The van der Waals surface area contributed by atoms with Crippen LogP contribution in [0.5, 0.6) is 0 Å². The van der Waals surface area contributed by atoms with E-state index >= 15 is 0 Å². The predicted molar refractivity (Wildman–Crippen MR) is 97.3 cm³/mol. The maximum absolute atomic E-state index is 11.6. The van der Waals surface area contributed by atoms with Crippen LogP contribution in [0.2, 0.25) is 0 Å². The lowest BCUT2D eigenvalue weighted by Gasteiger charge is -2.11. The Balaban J connectivity index is 2.20. The van der Waals surface area contributed by atoms with Crippen molar-refractivity contribution in [3.05, 3.63) is 0 Å². The van der Waals surface area contributed by atoms with E-state index in [1.54, 1.807) is 0 Å². The van der Waals surface area contributed by atoms with Gasteiger partial charge in [0.25, 0.3) is 10.1 Å². The molecule has 0 spiro atoms. The summed E-state index contributed by atoms with van der Waals surface area (Å²) in [6, 6.07) is 0. The van der Waals surface area contributed by atoms with Crippen molar-refractivity contribution in [3.63, 3.8) is 0 Å². The molecule has 1 heterocycles. The molecular formula is C18H34O6S. The summed E-state index contributed by atoms with van der Waals surface area (Å²) in [5.74, 6) is -0.780. The highest BCUT2D eigenvalue weighted by Gasteiger charge is 2.48. The molecule has 1 aliphatic rings. The molecule has 0 aromatic heterocycles. The smallest absolute Gasteiger partial charge is 0.303 e. The first-order valence-corrected chi connectivity index (χ1v) is 11.2. The van der Waals surface area contributed by atoms with Gasteiger partial charge in [-0.25, -0.2) is 0 Å². The van der Waals surface area contributed by atoms with Crippen LogP contribution in [0.1, 0.15) is 90.4 Å². The Bertz CT molecular complexity index is 476. The number of aliphatic carboxylic acids is 1. The molecule has 0 aliphatic carbocycles. The van der Waals surface area contributed by atoms with Crippen LogP contribution in [0.25, 0.3) is 0 Å². The Morgan fingerprint density at radius 2 is 1.60 bits per heavy atom. The molecule has 0 aromatic rings. The zero-order valence-corrected chi connectivity index (χ0v) is 16.2. The molecule has 0 bridgehead atoms. The Hall–Kier alpha value is -0.660. The van der Waals surface area contributed by atoms with Gasteiger partial charge in [0.05, 0.1) is 6.10 Å². The lowest BCUT2D eigenvalue weighted by Crippen LogP contribution is -2.27. The predicted octanol–water partition coefficient (Wildman–Crippen LogP) is 4.19. The van der Waals surface area contributed by atoms with Gasteiger partial charge in [0.2, 0.25) is 0 Å². The van der Waals surface area contributed by atoms with Crippen molar-refractivity contribution in [2.45, 2.75) is 108 Å². The number of epoxide rings is 1. The highest BCUT2D eigenvalue weighted by molar-refractivity contribution is 7.86. The van der Waals surface area contributed by atoms with Gasteiger partial charge in [-0.15, -0.1) is 0 Å². The number of hydrogen-bond acceptors (Lipinski definition) is 4. The van der Waals surface area contributed by atoms with Crippen molar-refractivity contribution in [3.8, 4) is 0 Å². The Kier molecular flexibility index (Phi) is 10.6. The Morgan fingerprint density at radius 3 is 2.24 bits per heavy atom. The zero-order valence-electron chi connectivity index (χ0n) is 15.4. The molecule has 0 radical (unpaired) electrons. The van der Waals surface area contributed by atoms with E-state index in [1.165, 1.54) is 19.3 Å². The Labute approximate surface area is 152 Å². The molecular weight excluding hydrogens is 344 g/mol. The first-order chi connectivity index (χ1) is 11.9. The van der Waals surface area contributed by atoms with Crippen LogP contribution in [-0.4, -0.2) is 41.5 Å². The van der Waals surface area contributed by atoms with Gasteiger partial charge in [-0.05, 0) is 19.3 Å². The van der Waals surface area contributed by atoms with Gasteiger partial charge in [-0.2, -0.15) is 8.42 Å². The molecule has 6 nitrogen and oxygen atoms in total. The number of carbonyl (C=O) groups is 1. The summed E-state index contributed by atoms with van der Waals surface area (Å²) in [7, 11) is -4.09. The topological polar surface area (TPSA) is 104 Å². The third kappa shape index (κ3) is 10.2. The minimum atomic E-state index is -4.09. The van der Waals surface area contributed by atoms with E-state index < -0.39 is 21.3 Å². The molecule has 25 heavy (non-hydrogen) atoms. The second-order valence-corrected chi connectivity index (χ2v) is 8.73. The first kappa shape index (κ1) is 22.4. The summed E-state index contributed by atoms with van der Waals surface area (Å²) in [5.41, 5.74) is 0. The van der Waals surface area contributed by atoms with Gasteiger partial charge < -0.3 is 9.84 Å². The number of carboxylic acids is 1. The molecule has 1 rings (SSSR count). The SMILES string of the molecule is CCCCCCCC1OC1C(CCCCCCCC(=O)O)S(=O)(=O)O. The van der Waals surface area contributed by atoms with Crippen LogP contribution in [0.4, 0.5) is 0 Å². The maximum Gasteiger partial charge on any atom is 0.303 e. The molecule has 1 aliphatic heterocycles. The van der Waals surface area contributed by atoms with E-state index in [0.717, 1.165) is 38.5 Å². The van der Waals surface area contributed by atoms with Crippen molar-refractivity contribution >= 4 is 16.1 Å². The molecule has 0 amide bonds. The van der Waals surface area contributed by atoms with Gasteiger partial charge in [0, 0.05) is 6.42 Å². The number of hydrogen-bond donors (Lipinski definition) is 2. The summed E-state index contributed by atoms with van der Waals surface area (Å²) in [4.78, 5) is 10.4. The summed E-state index contributed by atoms with van der Waals surface area (Å²) in [5, 5.41) is 7.75. The van der Waals surface area contributed by atoms with E-state index in [1.807, 2.05) is 0 Å². The molecule has 1 saturated heterocycles. The Morgan fingerprint density at radius 1 is 1.00 bits per heavy atom. The first-order valence-electron chi connectivity index (χ1n) is 9.69. The van der Waals surface area contributed by atoms with E-state index in [-0.39, 0.29) is 18.6 Å². The highest BCUT2D eigenvalue weighted by atomic mass is 32.2. The summed E-state index contributed by atoms with van der Waals surface area (Å²) in [6.45, 7) is 2.17. The summed E-state index contributed by atoms with van der Waals surface area (Å²) >= 11 is 0. The van der Waals surface area contributed by atoms with Crippen molar-refractivity contribution in [1.29, 1.82) is 0 Å². The second kappa shape index (κ2) is 11.9. The van der Waals surface area contributed by atoms with Crippen molar-refractivity contribution < 1.29 is 27.6 Å². The molecule has 0 aromatic carbocycles. The van der Waals surface area contributed by atoms with Crippen LogP contribution in [0.15, 0.2) is 0 Å². The molecule has 3 atom stereocenters. The maximum atomic E-state index is 11.6. The zero-order chi connectivity index (χ0) is 18.7. The molecule has 148 valence electrons. The third-order valence-corrected chi connectivity index (χ3v) is 6.11. The van der Waals surface area contributed by atoms with E-state index in [0.29, 0.717) is 19.3 Å². The van der Waals surface area contributed by atoms with Gasteiger partial charge in [0.15, 0.2) is 0 Å². The molecule has 2 N–H and O–H groups in total. The summed E-state index contributed by atoms with van der Waals surface area (Å²) < 4.78 is 38.3. The van der Waals surface area contributed by atoms with E-state index in [9.17, 15) is 17.8 Å². The number of ether oxygens (including phenoxy) is 1. The van der Waals surface area contributed by atoms with Crippen LogP contribution >= 0.6 is 0 Å². The quantitative estimate of drug-likeness (QED) is 0.237. The lowest BCUT2D eigenvalue weighted by molar-refractivity contribution is -0.137. The van der Waals surface area contributed by atoms with Crippen LogP contribution in [0, 0.1) is 0 Å². The summed E-state index contributed by atoms with van der Waals surface area (Å²) in [6.07, 6.45) is 10.8. The fraction of sp³-hybridized carbons (Fsp3) is 0.944. The number of rotatable bonds is 16. The van der Waals surface area contributed by atoms with Crippen LogP contribution in [0.3, 0.4) is 0 Å². The monoisotopic (exact) mass is 378 g/mol. The van der Waals surface area contributed by atoms with Gasteiger partial charge in [0.1, 0.15) is 11.4 Å². The van der Waals surface area contributed by atoms with Crippen molar-refractivity contribution in [1.82, 2.24) is 0 Å². The van der Waals surface area contributed by atoms with E-state index in [2.05, 4.69) is 6.92 Å². The minimum absolute atomic E-state index is 0.0240. The largest absolute Gasteiger partial charge is 0.481 e. The second-order valence-electron chi connectivity index (χ2n) is 7.10. The van der Waals surface area contributed by atoms with Gasteiger partial charge in [-0.3, -0.25) is 9.35 Å². The normalized spacial score (nSPS) is 21.2. The lowest BCUT2D eigenvalue weighted by atomic mass is 10.0. The fourth-order valence-electron chi connectivity index (χ4n) is 3.30. The molecule has 0 saturated carbocycles. The minimum Gasteiger partial charge on any atom is -0.481 e. The third-order valence-electron chi connectivity index (χ3n) is 4.84. The average Bonchev–Trinajstić information content (AvgIpc) is 3.27. The van der Waals surface area contributed by atoms with E-state index in [4.69, 9.17) is 9.84 Å². The van der Waals surface area contributed by atoms with Crippen LogP contribution < -0.4 is 0 Å².